The maximum Gasteiger partial charge on any atom is 0.223 e. The quantitative estimate of drug-likeness (QED) is 0.730. The number of benzene rings is 1. The molecular formula is C24H31N5O2S. The van der Waals surface area contributed by atoms with E-state index < -0.39 is 0 Å². The number of fused-ring (bicyclic) bond motifs is 1. The first-order valence-corrected chi connectivity index (χ1v) is 12.2. The Hall–Kier alpha value is -2.16. The molecule has 4 N–H and O–H groups in total. The average molecular weight is 454 g/mol. The molecule has 8 heteroatoms. The van der Waals surface area contributed by atoms with E-state index in [1.54, 1.807) is 6.92 Å². The standard InChI is InChI=1S/C24H31N5O2S/c1-14-11-29(15(2)30)18-4-3-5-19(21(14)18)32-23-22(26)28-17(10-27-23)16-6-8-24(9-7-16)13-31-12-20(24)25/h3-5,10,14,16,20H,6-9,11-13,25H2,1-2H3,(H2,26,28)/t14?,16?,20-,24?/m1/s1. The second-order valence-corrected chi connectivity index (χ2v) is 10.6. The molecule has 1 aromatic heterocycles. The van der Waals surface area contributed by atoms with Gasteiger partial charge in [0.05, 0.1) is 25.1 Å². The summed E-state index contributed by atoms with van der Waals surface area (Å²) in [4.78, 5) is 24.4. The van der Waals surface area contributed by atoms with E-state index >= 15 is 0 Å². The van der Waals surface area contributed by atoms with Gasteiger partial charge >= 0.3 is 0 Å². The molecule has 2 fully saturated rings. The number of anilines is 2. The van der Waals surface area contributed by atoms with Crippen molar-refractivity contribution in [3.05, 3.63) is 35.7 Å². The number of aromatic nitrogens is 2. The topological polar surface area (TPSA) is 107 Å². The van der Waals surface area contributed by atoms with Gasteiger partial charge in [0, 0.05) is 47.3 Å². The van der Waals surface area contributed by atoms with Crippen LogP contribution in [0.5, 0.6) is 0 Å². The van der Waals surface area contributed by atoms with Gasteiger partial charge in [-0.3, -0.25) is 4.79 Å². The van der Waals surface area contributed by atoms with Crippen LogP contribution in [0.25, 0.3) is 0 Å². The Bertz CT molecular complexity index is 1040. The van der Waals surface area contributed by atoms with E-state index in [2.05, 4.69) is 13.0 Å². The molecule has 1 saturated heterocycles. The van der Waals surface area contributed by atoms with Crippen LogP contribution in [-0.2, 0) is 9.53 Å². The highest BCUT2D eigenvalue weighted by Crippen LogP contribution is 2.48. The van der Waals surface area contributed by atoms with Crippen LogP contribution >= 0.6 is 11.8 Å². The summed E-state index contributed by atoms with van der Waals surface area (Å²) in [6, 6.07) is 6.22. The number of hydrogen-bond donors (Lipinski definition) is 2. The number of carbonyl (C=O) groups is 1. The number of nitrogens with two attached hydrogens (primary N) is 2. The number of rotatable bonds is 3. The number of nitrogen functional groups attached to an aromatic ring is 1. The van der Waals surface area contributed by atoms with Gasteiger partial charge in [-0.05, 0) is 43.4 Å². The van der Waals surface area contributed by atoms with Crippen molar-refractivity contribution in [2.45, 2.75) is 67.3 Å². The van der Waals surface area contributed by atoms with Crippen LogP contribution in [0, 0.1) is 5.41 Å². The fourth-order valence-electron chi connectivity index (χ4n) is 5.58. The van der Waals surface area contributed by atoms with Gasteiger partial charge in [-0.25, -0.2) is 9.97 Å². The predicted octanol–water partition coefficient (Wildman–Crippen LogP) is 3.68. The van der Waals surface area contributed by atoms with Gasteiger partial charge in [-0.1, -0.05) is 24.8 Å². The van der Waals surface area contributed by atoms with E-state index in [4.69, 9.17) is 26.2 Å². The highest BCUT2D eigenvalue weighted by Gasteiger charge is 2.44. The molecule has 3 heterocycles. The lowest BCUT2D eigenvalue weighted by Crippen LogP contribution is -2.43. The van der Waals surface area contributed by atoms with Crippen LogP contribution in [0.2, 0.25) is 0 Å². The monoisotopic (exact) mass is 453 g/mol. The van der Waals surface area contributed by atoms with Crippen molar-refractivity contribution in [3.8, 4) is 0 Å². The minimum atomic E-state index is 0.0702. The molecular weight excluding hydrogens is 422 g/mol. The SMILES string of the molecule is CC(=O)N1CC(C)c2c(Sc3ncc(C4CCC5(CC4)COC[C@H]5N)nc3N)cccc21. The molecule has 1 aliphatic carbocycles. The maximum absolute atomic E-state index is 12.0. The summed E-state index contributed by atoms with van der Waals surface area (Å²) in [5.74, 6) is 1.18. The fourth-order valence-corrected chi connectivity index (χ4v) is 6.60. The minimum absolute atomic E-state index is 0.0702. The molecule has 3 aliphatic rings. The molecule has 2 aromatic rings. The highest BCUT2D eigenvalue weighted by molar-refractivity contribution is 7.99. The van der Waals surface area contributed by atoms with Crippen molar-refractivity contribution in [3.63, 3.8) is 0 Å². The van der Waals surface area contributed by atoms with Crippen LogP contribution in [0.1, 0.15) is 62.6 Å². The Morgan fingerprint density at radius 1 is 1.31 bits per heavy atom. The molecule has 1 saturated carbocycles. The summed E-state index contributed by atoms with van der Waals surface area (Å²) < 4.78 is 5.64. The highest BCUT2D eigenvalue weighted by atomic mass is 32.2. The van der Waals surface area contributed by atoms with Gasteiger partial charge in [0.2, 0.25) is 5.91 Å². The summed E-state index contributed by atoms with van der Waals surface area (Å²) in [5.41, 5.74) is 16.0. The molecule has 7 nitrogen and oxygen atoms in total. The zero-order valence-corrected chi connectivity index (χ0v) is 19.5. The molecule has 1 aromatic carbocycles. The number of hydrogen-bond acceptors (Lipinski definition) is 7. The summed E-state index contributed by atoms with van der Waals surface area (Å²) in [6.07, 6.45) is 6.11. The zero-order valence-electron chi connectivity index (χ0n) is 18.7. The molecule has 2 atom stereocenters. The third-order valence-corrected chi connectivity index (χ3v) is 8.61. The van der Waals surface area contributed by atoms with Crippen molar-refractivity contribution in [1.29, 1.82) is 0 Å². The second-order valence-electron chi connectivity index (χ2n) is 9.57. The maximum atomic E-state index is 12.0. The Kier molecular flexibility index (Phi) is 5.63. The third kappa shape index (κ3) is 3.68. The second kappa shape index (κ2) is 8.32. The van der Waals surface area contributed by atoms with Crippen LogP contribution < -0.4 is 16.4 Å². The number of ether oxygens (including phenoxy) is 1. The van der Waals surface area contributed by atoms with Crippen LogP contribution in [-0.4, -0.2) is 41.7 Å². The van der Waals surface area contributed by atoms with E-state index in [1.807, 2.05) is 23.2 Å². The summed E-state index contributed by atoms with van der Waals surface area (Å²) in [7, 11) is 0. The first kappa shape index (κ1) is 21.7. The Labute approximate surface area is 193 Å². The molecule has 170 valence electrons. The average Bonchev–Trinajstić information content (AvgIpc) is 3.31. The van der Waals surface area contributed by atoms with Crippen molar-refractivity contribution in [2.24, 2.45) is 11.1 Å². The van der Waals surface area contributed by atoms with Gasteiger partial charge in [-0.15, -0.1) is 0 Å². The van der Waals surface area contributed by atoms with E-state index in [0.29, 0.717) is 29.9 Å². The van der Waals surface area contributed by atoms with Gasteiger partial charge in [0.15, 0.2) is 5.82 Å². The fraction of sp³-hybridized carbons (Fsp3) is 0.542. The van der Waals surface area contributed by atoms with Gasteiger partial charge < -0.3 is 21.1 Å². The van der Waals surface area contributed by atoms with Crippen molar-refractivity contribution in [2.75, 3.05) is 30.4 Å². The molecule has 32 heavy (non-hydrogen) atoms. The minimum Gasteiger partial charge on any atom is -0.381 e. The molecule has 0 bridgehead atoms. The number of amides is 1. The van der Waals surface area contributed by atoms with Crippen LogP contribution in [0.15, 0.2) is 34.3 Å². The van der Waals surface area contributed by atoms with Crippen molar-refractivity contribution >= 4 is 29.2 Å². The lowest BCUT2D eigenvalue weighted by atomic mass is 9.67. The molecule has 5 rings (SSSR count). The Balaban J connectivity index is 1.33. The van der Waals surface area contributed by atoms with Crippen molar-refractivity contribution in [1.82, 2.24) is 9.97 Å². The number of carbonyl (C=O) groups excluding carboxylic acids is 1. The van der Waals surface area contributed by atoms with Crippen molar-refractivity contribution < 1.29 is 9.53 Å². The normalized spacial score (nSPS) is 29.5. The molecule has 1 spiro atoms. The largest absolute Gasteiger partial charge is 0.381 e. The molecule has 1 amide bonds. The Morgan fingerprint density at radius 2 is 2.09 bits per heavy atom. The molecule has 0 radical (unpaired) electrons. The predicted molar refractivity (Wildman–Crippen MR) is 126 cm³/mol. The number of nitrogens with zero attached hydrogens (tertiary/aromatic N) is 3. The lowest BCUT2D eigenvalue weighted by Gasteiger charge is -2.38. The lowest BCUT2D eigenvalue weighted by molar-refractivity contribution is -0.116. The first-order valence-electron chi connectivity index (χ1n) is 11.4. The molecule has 2 aliphatic heterocycles. The van der Waals surface area contributed by atoms with Crippen LogP contribution in [0.4, 0.5) is 11.5 Å². The third-order valence-electron chi connectivity index (χ3n) is 7.53. The smallest absolute Gasteiger partial charge is 0.223 e. The van der Waals surface area contributed by atoms with Gasteiger partial charge in [-0.2, -0.15) is 0 Å². The van der Waals surface area contributed by atoms with E-state index in [0.717, 1.165) is 48.6 Å². The van der Waals surface area contributed by atoms with Crippen LogP contribution in [0.3, 0.4) is 0 Å². The molecule has 1 unspecified atom stereocenters. The van der Waals surface area contributed by atoms with E-state index in [-0.39, 0.29) is 23.3 Å². The first-order chi connectivity index (χ1) is 15.4. The van der Waals surface area contributed by atoms with E-state index in [9.17, 15) is 4.79 Å². The van der Waals surface area contributed by atoms with Gasteiger partial charge in [0.1, 0.15) is 5.03 Å². The zero-order chi connectivity index (χ0) is 22.5. The summed E-state index contributed by atoms with van der Waals surface area (Å²) in [5, 5.41) is 0.717. The van der Waals surface area contributed by atoms with E-state index in [1.165, 1.54) is 17.3 Å². The van der Waals surface area contributed by atoms with Gasteiger partial charge in [0.25, 0.3) is 0 Å². The summed E-state index contributed by atoms with van der Waals surface area (Å²) in [6.45, 7) is 5.94. The summed E-state index contributed by atoms with van der Waals surface area (Å²) >= 11 is 1.54. The Morgan fingerprint density at radius 3 is 2.75 bits per heavy atom.